The maximum absolute atomic E-state index is 14.6. The van der Waals surface area contributed by atoms with Crippen molar-refractivity contribution in [2.45, 2.75) is 25.3 Å². The fourth-order valence-corrected chi connectivity index (χ4v) is 4.77. The number of nitrogens with zero attached hydrogens (tertiary/aromatic N) is 2. The molecule has 3 aromatic rings. The fraction of sp³-hybridized carbons (Fsp3) is 0.273. The van der Waals surface area contributed by atoms with Crippen LogP contribution in [0.25, 0.3) is 21.0 Å². The molecular weight excluding hydrogens is 392 g/mol. The Morgan fingerprint density at radius 2 is 2.00 bits per heavy atom. The van der Waals surface area contributed by atoms with E-state index in [-0.39, 0.29) is 17.6 Å². The maximum Gasteiger partial charge on any atom is 0.274 e. The molecular formula is C22H21F2N3OS. The smallest absolute Gasteiger partial charge is 0.274 e. The average molecular weight is 413 g/mol. The maximum atomic E-state index is 14.6. The second-order valence-corrected chi connectivity index (χ2v) is 8.07. The minimum Gasteiger partial charge on any atom is -0.333 e. The molecule has 0 bridgehead atoms. The number of likely N-dealkylation sites (tertiary alicyclic amines) is 1. The summed E-state index contributed by atoms with van der Waals surface area (Å²) in [5, 5.41) is 0.479. The molecule has 0 saturated carbocycles. The quantitative estimate of drug-likeness (QED) is 0.674. The number of thiazole rings is 1. The molecule has 0 aliphatic carbocycles. The number of halogens is 2. The van der Waals surface area contributed by atoms with Crippen LogP contribution in [0.2, 0.25) is 0 Å². The molecule has 150 valence electrons. The molecule has 2 N–H and O–H groups in total. The highest BCUT2D eigenvalue weighted by Gasteiger charge is 2.31. The van der Waals surface area contributed by atoms with Crippen molar-refractivity contribution in [3.63, 3.8) is 0 Å². The third kappa shape index (κ3) is 3.93. The third-order valence-electron chi connectivity index (χ3n) is 5.18. The van der Waals surface area contributed by atoms with Gasteiger partial charge in [-0.05, 0) is 37.5 Å². The van der Waals surface area contributed by atoms with Gasteiger partial charge >= 0.3 is 0 Å². The van der Waals surface area contributed by atoms with E-state index in [0.29, 0.717) is 34.1 Å². The minimum atomic E-state index is -0.426. The van der Waals surface area contributed by atoms with Gasteiger partial charge in [0.15, 0.2) is 0 Å². The van der Waals surface area contributed by atoms with Crippen LogP contribution < -0.4 is 5.73 Å². The first-order chi connectivity index (χ1) is 14.1. The Morgan fingerprint density at radius 1 is 1.17 bits per heavy atom. The van der Waals surface area contributed by atoms with Crippen LogP contribution in [0.3, 0.4) is 0 Å². The Hall–Kier alpha value is -2.64. The van der Waals surface area contributed by atoms with E-state index < -0.39 is 11.6 Å². The van der Waals surface area contributed by atoms with Crippen LogP contribution in [-0.2, 0) is 0 Å². The SMILES string of the molecule is NCC1CCCCN1C(=O)c1nc(-c2cccc(F)c2)sc1-c1ccccc1F. The molecule has 1 aromatic heterocycles. The molecule has 7 heteroatoms. The van der Waals surface area contributed by atoms with Crippen molar-refractivity contribution in [1.29, 1.82) is 0 Å². The lowest BCUT2D eigenvalue weighted by Crippen LogP contribution is -2.47. The van der Waals surface area contributed by atoms with E-state index in [0.717, 1.165) is 19.3 Å². The second-order valence-electron chi connectivity index (χ2n) is 7.07. The predicted molar refractivity (Wildman–Crippen MR) is 111 cm³/mol. The molecule has 4 rings (SSSR count). The number of amides is 1. The zero-order valence-electron chi connectivity index (χ0n) is 15.8. The van der Waals surface area contributed by atoms with Crippen molar-refractivity contribution in [2.24, 2.45) is 5.73 Å². The van der Waals surface area contributed by atoms with E-state index in [1.165, 1.54) is 29.5 Å². The lowest BCUT2D eigenvalue weighted by molar-refractivity contribution is 0.0619. The van der Waals surface area contributed by atoms with Gasteiger partial charge < -0.3 is 10.6 Å². The Bertz CT molecular complexity index is 1040. The van der Waals surface area contributed by atoms with Gasteiger partial charge in [-0.15, -0.1) is 11.3 Å². The standard InChI is InChI=1S/C22H21F2N3OS/c23-15-7-5-6-14(12-15)21-26-19(20(29-21)17-9-1-2-10-18(17)24)22(28)27-11-4-3-8-16(27)13-25/h1-2,5-7,9-10,12,16H,3-4,8,11,13,25H2. The number of benzene rings is 2. The summed E-state index contributed by atoms with van der Waals surface area (Å²) >= 11 is 1.19. The number of aromatic nitrogens is 1. The van der Waals surface area contributed by atoms with Crippen molar-refractivity contribution in [3.8, 4) is 21.0 Å². The highest BCUT2D eigenvalue weighted by molar-refractivity contribution is 7.18. The first-order valence-electron chi connectivity index (χ1n) is 9.61. The Labute approximate surface area is 172 Å². The molecule has 1 aliphatic heterocycles. The van der Waals surface area contributed by atoms with Crippen LogP contribution >= 0.6 is 11.3 Å². The zero-order chi connectivity index (χ0) is 20.4. The molecule has 1 fully saturated rings. The van der Waals surface area contributed by atoms with Gasteiger partial charge in [-0.25, -0.2) is 13.8 Å². The lowest BCUT2D eigenvalue weighted by atomic mass is 10.0. The first kappa shape index (κ1) is 19.7. The summed E-state index contributed by atoms with van der Waals surface area (Å²) in [6.45, 7) is 0.978. The molecule has 0 radical (unpaired) electrons. The van der Waals surface area contributed by atoms with Gasteiger partial charge in [-0.1, -0.05) is 30.3 Å². The lowest BCUT2D eigenvalue weighted by Gasteiger charge is -2.34. The van der Waals surface area contributed by atoms with Crippen LogP contribution in [0, 0.1) is 11.6 Å². The molecule has 1 amide bonds. The van der Waals surface area contributed by atoms with Crippen LogP contribution in [0.5, 0.6) is 0 Å². The zero-order valence-corrected chi connectivity index (χ0v) is 16.6. The minimum absolute atomic E-state index is 0.0518. The first-order valence-corrected chi connectivity index (χ1v) is 10.4. The van der Waals surface area contributed by atoms with Gasteiger partial charge in [0.05, 0.1) is 4.88 Å². The van der Waals surface area contributed by atoms with Crippen molar-refractivity contribution in [2.75, 3.05) is 13.1 Å². The summed E-state index contributed by atoms with van der Waals surface area (Å²) in [4.78, 5) is 20.1. The van der Waals surface area contributed by atoms with Crippen LogP contribution in [-0.4, -0.2) is 34.9 Å². The van der Waals surface area contributed by atoms with E-state index >= 15 is 0 Å². The van der Waals surface area contributed by atoms with Gasteiger partial charge in [-0.2, -0.15) is 0 Å². The van der Waals surface area contributed by atoms with Crippen LogP contribution in [0.1, 0.15) is 29.8 Å². The van der Waals surface area contributed by atoms with E-state index in [4.69, 9.17) is 5.73 Å². The highest BCUT2D eigenvalue weighted by atomic mass is 32.1. The summed E-state index contributed by atoms with van der Waals surface area (Å²) in [7, 11) is 0. The van der Waals surface area contributed by atoms with Gasteiger partial charge in [0.25, 0.3) is 5.91 Å². The number of rotatable bonds is 4. The summed E-state index contributed by atoms with van der Waals surface area (Å²) in [5.74, 6) is -1.07. The van der Waals surface area contributed by atoms with E-state index in [1.54, 1.807) is 35.2 Å². The molecule has 0 spiro atoms. The molecule has 1 unspecified atom stereocenters. The van der Waals surface area contributed by atoms with Gasteiger partial charge in [-0.3, -0.25) is 4.79 Å². The highest BCUT2D eigenvalue weighted by Crippen LogP contribution is 2.38. The third-order valence-corrected chi connectivity index (χ3v) is 6.32. The largest absolute Gasteiger partial charge is 0.333 e. The van der Waals surface area contributed by atoms with E-state index in [1.807, 2.05) is 0 Å². The molecule has 2 aromatic carbocycles. The van der Waals surface area contributed by atoms with Gasteiger partial charge in [0.1, 0.15) is 22.3 Å². The van der Waals surface area contributed by atoms with Crippen molar-refractivity contribution < 1.29 is 13.6 Å². The van der Waals surface area contributed by atoms with Crippen LogP contribution in [0.4, 0.5) is 8.78 Å². The molecule has 1 saturated heterocycles. The predicted octanol–water partition coefficient (Wildman–Crippen LogP) is 4.71. The van der Waals surface area contributed by atoms with Crippen molar-refractivity contribution >= 4 is 17.2 Å². The number of piperidine rings is 1. The number of carbonyl (C=O) groups is 1. The number of hydrogen-bond acceptors (Lipinski definition) is 4. The van der Waals surface area contributed by atoms with Gasteiger partial charge in [0, 0.05) is 30.3 Å². The average Bonchev–Trinajstić information content (AvgIpc) is 3.19. The Kier molecular flexibility index (Phi) is 5.69. The topological polar surface area (TPSA) is 59.2 Å². The summed E-state index contributed by atoms with van der Waals surface area (Å²) in [6, 6.07) is 12.3. The van der Waals surface area contributed by atoms with Crippen molar-refractivity contribution in [3.05, 3.63) is 65.9 Å². The molecule has 2 heterocycles. The second kappa shape index (κ2) is 8.39. The molecule has 1 atom stereocenters. The van der Waals surface area contributed by atoms with Crippen LogP contribution in [0.15, 0.2) is 48.5 Å². The Morgan fingerprint density at radius 3 is 2.76 bits per heavy atom. The normalized spacial score (nSPS) is 16.8. The fourth-order valence-electron chi connectivity index (χ4n) is 3.69. The summed E-state index contributed by atoms with van der Waals surface area (Å²) < 4.78 is 28.3. The van der Waals surface area contributed by atoms with Gasteiger partial charge in [0.2, 0.25) is 0 Å². The monoisotopic (exact) mass is 413 g/mol. The molecule has 1 aliphatic rings. The summed E-state index contributed by atoms with van der Waals surface area (Å²) in [6.07, 6.45) is 2.77. The number of nitrogens with two attached hydrogens (primary N) is 1. The Balaban J connectivity index is 1.83. The van der Waals surface area contributed by atoms with E-state index in [9.17, 15) is 13.6 Å². The summed E-state index contributed by atoms with van der Waals surface area (Å²) in [5.41, 5.74) is 6.95. The van der Waals surface area contributed by atoms with Crippen molar-refractivity contribution in [1.82, 2.24) is 9.88 Å². The molecule has 4 nitrogen and oxygen atoms in total. The molecule has 29 heavy (non-hydrogen) atoms. The number of carbonyl (C=O) groups excluding carboxylic acids is 1. The number of hydrogen-bond donors (Lipinski definition) is 1. The van der Waals surface area contributed by atoms with E-state index in [2.05, 4.69) is 4.98 Å².